The number of esters is 1. The van der Waals surface area contributed by atoms with E-state index in [4.69, 9.17) is 0 Å². The van der Waals surface area contributed by atoms with Crippen molar-refractivity contribution in [2.45, 2.75) is 13.0 Å². The molecule has 1 unspecified atom stereocenters. The van der Waals surface area contributed by atoms with Crippen LogP contribution in [0.25, 0.3) is 10.4 Å². The molecule has 0 aliphatic rings. The lowest BCUT2D eigenvalue weighted by Crippen LogP contribution is -2.38. The summed E-state index contributed by atoms with van der Waals surface area (Å²) in [6.07, 6.45) is 0. The molecule has 0 aliphatic carbocycles. The zero-order chi connectivity index (χ0) is 15.4. The molecule has 1 amide bonds. The Morgan fingerprint density at radius 3 is 2.48 bits per heavy atom. The largest absolute Gasteiger partial charge is 0.467 e. The molecular formula is C15H14BrNO3S. The zero-order valence-electron chi connectivity index (χ0n) is 11.6. The molecule has 1 aromatic heterocycles. The number of rotatable bonds is 4. The first-order valence-electron chi connectivity index (χ1n) is 6.25. The molecule has 6 heteroatoms. The standard InChI is InChI=1S/C15H14BrNO3S/c1-9(15(19)20-2)17-14(18)13-8-7-12(21-13)10-3-5-11(16)6-4-10/h3-9H,1-2H3,(H,17,18). The Balaban J connectivity index is 2.10. The number of amides is 1. The minimum absolute atomic E-state index is 0.277. The van der Waals surface area contributed by atoms with E-state index in [2.05, 4.69) is 26.0 Å². The van der Waals surface area contributed by atoms with Crippen LogP contribution < -0.4 is 5.32 Å². The first kappa shape index (κ1) is 15.7. The second-order valence-corrected chi connectivity index (χ2v) is 6.39. The maximum Gasteiger partial charge on any atom is 0.328 e. The summed E-state index contributed by atoms with van der Waals surface area (Å²) in [7, 11) is 1.29. The summed E-state index contributed by atoms with van der Waals surface area (Å²) in [4.78, 5) is 24.9. The van der Waals surface area contributed by atoms with Crippen molar-refractivity contribution in [1.82, 2.24) is 5.32 Å². The fourth-order valence-electron chi connectivity index (χ4n) is 1.73. The van der Waals surface area contributed by atoms with Gasteiger partial charge in [-0.05, 0) is 36.8 Å². The molecule has 1 heterocycles. The van der Waals surface area contributed by atoms with Crippen LogP contribution in [0.3, 0.4) is 0 Å². The van der Waals surface area contributed by atoms with Crippen LogP contribution in [0.4, 0.5) is 0 Å². The number of hydrogen-bond donors (Lipinski definition) is 1. The number of methoxy groups -OCH3 is 1. The van der Waals surface area contributed by atoms with Crippen molar-refractivity contribution in [3.05, 3.63) is 45.7 Å². The van der Waals surface area contributed by atoms with Gasteiger partial charge in [0.05, 0.1) is 12.0 Å². The van der Waals surface area contributed by atoms with E-state index in [9.17, 15) is 9.59 Å². The Morgan fingerprint density at radius 1 is 1.19 bits per heavy atom. The van der Waals surface area contributed by atoms with Gasteiger partial charge in [-0.3, -0.25) is 4.79 Å². The van der Waals surface area contributed by atoms with Gasteiger partial charge in [-0.2, -0.15) is 0 Å². The second-order valence-electron chi connectivity index (χ2n) is 4.39. The Kier molecular flexibility index (Phi) is 5.14. The van der Waals surface area contributed by atoms with Crippen LogP contribution in [0.1, 0.15) is 16.6 Å². The van der Waals surface area contributed by atoms with Crippen molar-refractivity contribution in [3.8, 4) is 10.4 Å². The molecule has 1 atom stereocenters. The maximum absolute atomic E-state index is 12.1. The van der Waals surface area contributed by atoms with Gasteiger partial charge in [0.15, 0.2) is 0 Å². The summed E-state index contributed by atoms with van der Waals surface area (Å²) >= 11 is 4.77. The summed E-state index contributed by atoms with van der Waals surface area (Å²) in [5.74, 6) is -0.741. The third-order valence-corrected chi connectivity index (χ3v) is 4.52. The molecule has 1 N–H and O–H groups in total. The third kappa shape index (κ3) is 3.92. The molecule has 0 saturated heterocycles. The fourth-order valence-corrected chi connectivity index (χ4v) is 2.91. The predicted octanol–water partition coefficient (Wildman–Crippen LogP) is 3.47. The lowest BCUT2D eigenvalue weighted by atomic mass is 10.2. The summed E-state index contributed by atoms with van der Waals surface area (Å²) in [5.41, 5.74) is 1.04. The SMILES string of the molecule is COC(=O)C(C)NC(=O)c1ccc(-c2ccc(Br)cc2)s1. The van der Waals surface area contributed by atoms with Gasteiger partial charge in [0, 0.05) is 9.35 Å². The number of thiophene rings is 1. The van der Waals surface area contributed by atoms with Crippen LogP contribution in [-0.4, -0.2) is 25.0 Å². The maximum atomic E-state index is 12.1. The van der Waals surface area contributed by atoms with E-state index < -0.39 is 12.0 Å². The van der Waals surface area contributed by atoms with Crippen LogP contribution in [0.2, 0.25) is 0 Å². The molecule has 0 fully saturated rings. The van der Waals surface area contributed by atoms with Crippen LogP contribution in [0.5, 0.6) is 0 Å². The van der Waals surface area contributed by atoms with Crippen molar-refractivity contribution in [2.75, 3.05) is 7.11 Å². The Bertz CT molecular complexity index is 651. The highest BCUT2D eigenvalue weighted by atomic mass is 79.9. The highest BCUT2D eigenvalue weighted by molar-refractivity contribution is 9.10. The number of carbonyl (C=O) groups excluding carboxylic acids is 2. The van der Waals surface area contributed by atoms with E-state index in [1.165, 1.54) is 18.4 Å². The summed E-state index contributed by atoms with van der Waals surface area (Å²) in [6, 6.07) is 10.8. The lowest BCUT2D eigenvalue weighted by molar-refractivity contribution is -0.142. The van der Waals surface area contributed by atoms with Crippen molar-refractivity contribution in [3.63, 3.8) is 0 Å². The smallest absolute Gasteiger partial charge is 0.328 e. The minimum Gasteiger partial charge on any atom is -0.467 e. The molecule has 0 spiro atoms. The van der Waals surface area contributed by atoms with E-state index in [1.807, 2.05) is 30.3 Å². The molecule has 0 bridgehead atoms. The minimum atomic E-state index is -0.666. The van der Waals surface area contributed by atoms with Crippen LogP contribution in [-0.2, 0) is 9.53 Å². The highest BCUT2D eigenvalue weighted by Gasteiger charge is 2.18. The average molecular weight is 368 g/mol. The lowest BCUT2D eigenvalue weighted by Gasteiger charge is -2.10. The average Bonchev–Trinajstić information content (AvgIpc) is 2.97. The number of hydrogen-bond acceptors (Lipinski definition) is 4. The first-order valence-corrected chi connectivity index (χ1v) is 7.86. The number of nitrogens with one attached hydrogen (secondary N) is 1. The van der Waals surface area contributed by atoms with E-state index in [0.717, 1.165) is 14.9 Å². The van der Waals surface area contributed by atoms with Crippen molar-refractivity contribution < 1.29 is 14.3 Å². The summed E-state index contributed by atoms with van der Waals surface area (Å²) < 4.78 is 5.59. The van der Waals surface area contributed by atoms with Crippen LogP contribution in [0.15, 0.2) is 40.9 Å². The van der Waals surface area contributed by atoms with Gasteiger partial charge in [-0.15, -0.1) is 11.3 Å². The van der Waals surface area contributed by atoms with Gasteiger partial charge in [0.25, 0.3) is 5.91 Å². The number of halogens is 1. The predicted molar refractivity (Wildman–Crippen MR) is 86.4 cm³/mol. The fraction of sp³-hybridized carbons (Fsp3) is 0.200. The van der Waals surface area contributed by atoms with Crippen LogP contribution in [0, 0.1) is 0 Å². The normalized spacial score (nSPS) is 11.8. The van der Waals surface area contributed by atoms with E-state index in [0.29, 0.717) is 4.88 Å². The molecule has 110 valence electrons. The number of carbonyl (C=O) groups is 2. The number of benzene rings is 1. The molecule has 0 saturated carbocycles. The molecule has 4 nitrogen and oxygen atoms in total. The summed E-state index contributed by atoms with van der Waals surface area (Å²) in [6.45, 7) is 1.59. The van der Waals surface area contributed by atoms with Crippen molar-refractivity contribution in [2.24, 2.45) is 0 Å². The van der Waals surface area contributed by atoms with Crippen LogP contribution >= 0.6 is 27.3 Å². The molecule has 0 radical (unpaired) electrons. The summed E-state index contributed by atoms with van der Waals surface area (Å²) in [5, 5.41) is 2.61. The molecule has 2 aromatic rings. The van der Waals surface area contributed by atoms with E-state index in [1.54, 1.807) is 13.0 Å². The Labute approximate surface area is 135 Å². The Hall–Kier alpha value is -1.66. The van der Waals surface area contributed by atoms with Gasteiger partial charge < -0.3 is 10.1 Å². The van der Waals surface area contributed by atoms with Crippen molar-refractivity contribution >= 4 is 39.1 Å². The van der Waals surface area contributed by atoms with Gasteiger partial charge in [0.1, 0.15) is 6.04 Å². The molecule has 1 aromatic carbocycles. The first-order chi connectivity index (χ1) is 10.0. The Morgan fingerprint density at radius 2 is 1.86 bits per heavy atom. The molecular weight excluding hydrogens is 354 g/mol. The van der Waals surface area contributed by atoms with Gasteiger partial charge in [0.2, 0.25) is 0 Å². The monoisotopic (exact) mass is 367 g/mol. The molecule has 2 rings (SSSR count). The quantitative estimate of drug-likeness (QED) is 0.841. The molecule has 21 heavy (non-hydrogen) atoms. The second kappa shape index (κ2) is 6.87. The van der Waals surface area contributed by atoms with Crippen molar-refractivity contribution in [1.29, 1.82) is 0 Å². The topological polar surface area (TPSA) is 55.4 Å². The van der Waals surface area contributed by atoms with Gasteiger partial charge in [-0.1, -0.05) is 28.1 Å². The highest BCUT2D eigenvalue weighted by Crippen LogP contribution is 2.29. The van der Waals surface area contributed by atoms with E-state index >= 15 is 0 Å². The van der Waals surface area contributed by atoms with E-state index in [-0.39, 0.29) is 5.91 Å². The number of ether oxygens (including phenoxy) is 1. The zero-order valence-corrected chi connectivity index (χ0v) is 14.0. The third-order valence-electron chi connectivity index (χ3n) is 2.86. The van der Waals surface area contributed by atoms with Gasteiger partial charge >= 0.3 is 5.97 Å². The van der Waals surface area contributed by atoms with Gasteiger partial charge in [-0.25, -0.2) is 4.79 Å². The molecule has 0 aliphatic heterocycles.